The molecule has 1 aromatic carbocycles. The van der Waals surface area contributed by atoms with E-state index >= 15 is 0 Å². The van der Waals surface area contributed by atoms with Gasteiger partial charge in [-0.1, -0.05) is 75.8 Å². The molecule has 65 heavy (non-hydrogen) atoms. The van der Waals surface area contributed by atoms with Crippen molar-refractivity contribution in [1.82, 2.24) is 4.90 Å². The van der Waals surface area contributed by atoms with E-state index in [1.165, 1.54) is 10.5 Å². The minimum Gasteiger partial charge on any atom is -0.456 e. The number of Topliss-reactive ketones (excluding diaryl/α,β-unsaturated/α-hetero) is 2. The maximum Gasteiger partial charge on any atom is 0.329 e. The zero-order valence-electron chi connectivity index (χ0n) is 40.6. The molecule has 364 valence electrons. The summed E-state index contributed by atoms with van der Waals surface area (Å²) in [4.78, 5) is 58.4. The van der Waals surface area contributed by atoms with Gasteiger partial charge in [0.25, 0.3) is 11.7 Å². The topological polar surface area (TPSA) is 167 Å². The number of ether oxygens (including phenoxy) is 6. The van der Waals surface area contributed by atoms with Gasteiger partial charge < -0.3 is 43.5 Å². The first-order valence-electron chi connectivity index (χ1n) is 24.3. The molecule has 1 aliphatic carbocycles. The molecule has 0 radical (unpaired) electrons. The summed E-state index contributed by atoms with van der Waals surface area (Å²) in [5, 5.41) is 24.0. The van der Waals surface area contributed by atoms with Gasteiger partial charge in [0.05, 0.1) is 30.5 Å². The second-order valence-corrected chi connectivity index (χ2v) is 19.6. The van der Waals surface area contributed by atoms with Gasteiger partial charge in [0.2, 0.25) is 5.79 Å². The van der Waals surface area contributed by atoms with E-state index in [9.17, 15) is 29.4 Å². The first-order valence-corrected chi connectivity index (χ1v) is 24.3. The molecular formula is C52H79NO12. The van der Waals surface area contributed by atoms with Crippen molar-refractivity contribution in [2.45, 2.75) is 180 Å². The normalized spacial score (nSPS) is 37.4. The van der Waals surface area contributed by atoms with Gasteiger partial charge in [-0.3, -0.25) is 14.4 Å². The zero-order valence-corrected chi connectivity index (χ0v) is 40.6. The summed E-state index contributed by atoms with van der Waals surface area (Å²) in [5.74, 6) is -7.37. The van der Waals surface area contributed by atoms with Crippen LogP contribution in [0.4, 0.5) is 0 Å². The Bertz CT molecular complexity index is 1780. The first kappa shape index (κ1) is 52.7. The number of benzene rings is 1. The predicted octanol–water partition coefficient (Wildman–Crippen LogP) is 7.13. The van der Waals surface area contributed by atoms with Gasteiger partial charge in [0.1, 0.15) is 24.0 Å². The maximum atomic E-state index is 14.5. The number of methoxy groups -OCH3 is 3. The molecule has 1 saturated carbocycles. The van der Waals surface area contributed by atoms with Gasteiger partial charge >= 0.3 is 5.97 Å². The average molecular weight is 910 g/mol. The second kappa shape index (κ2) is 24.6. The lowest BCUT2D eigenvalue weighted by Gasteiger charge is -2.47. The van der Waals surface area contributed by atoms with E-state index in [4.69, 9.17) is 28.4 Å². The molecule has 1 amide bonds. The number of aryl methyl sites for hydroxylation is 1. The summed E-state index contributed by atoms with van der Waals surface area (Å²) >= 11 is 0. The third-order valence-corrected chi connectivity index (χ3v) is 14.7. The number of nitrogens with zero attached hydrogens (tertiary/aromatic N) is 1. The second-order valence-electron chi connectivity index (χ2n) is 19.6. The molecule has 0 aromatic heterocycles. The Labute approximate surface area is 387 Å². The van der Waals surface area contributed by atoms with Crippen molar-refractivity contribution in [3.05, 3.63) is 59.2 Å². The van der Waals surface area contributed by atoms with Crippen LogP contribution >= 0.6 is 0 Å². The molecule has 14 atom stereocenters. The number of rotatable bonds is 11. The van der Waals surface area contributed by atoms with E-state index in [0.717, 1.165) is 31.3 Å². The molecule has 5 rings (SSSR count). The van der Waals surface area contributed by atoms with Gasteiger partial charge in [-0.15, -0.1) is 0 Å². The Hall–Kier alpha value is -3.30. The van der Waals surface area contributed by atoms with E-state index in [2.05, 4.69) is 25.1 Å². The third kappa shape index (κ3) is 13.5. The average Bonchev–Trinajstić information content (AvgIpc) is 3.30. The molecule has 4 aliphatic rings. The highest BCUT2D eigenvalue weighted by Crippen LogP contribution is 2.39. The minimum atomic E-state index is -2.50. The number of hydrogen-bond donors (Lipinski definition) is 2. The number of cyclic esters (lactones) is 1. The lowest BCUT2D eigenvalue weighted by atomic mass is 9.81. The van der Waals surface area contributed by atoms with Crippen LogP contribution in [0.5, 0.6) is 0 Å². The van der Waals surface area contributed by atoms with Crippen LogP contribution in [0.15, 0.2) is 53.6 Å². The van der Waals surface area contributed by atoms with E-state index < -0.39 is 77.8 Å². The number of carbonyl (C=O) groups excluding carboxylic acids is 4. The van der Waals surface area contributed by atoms with Gasteiger partial charge in [0.15, 0.2) is 0 Å². The molecule has 2 saturated heterocycles. The molecule has 13 nitrogen and oxygen atoms in total. The van der Waals surface area contributed by atoms with E-state index in [1.54, 1.807) is 35.2 Å². The quantitative estimate of drug-likeness (QED) is 0.100. The van der Waals surface area contributed by atoms with Crippen molar-refractivity contribution in [1.29, 1.82) is 0 Å². The summed E-state index contributed by atoms with van der Waals surface area (Å²) < 4.78 is 36.8. The van der Waals surface area contributed by atoms with Crippen LogP contribution in [0.25, 0.3) is 0 Å². The van der Waals surface area contributed by atoms with Crippen LogP contribution in [-0.2, 0) is 54.0 Å². The Morgan fingerprint density at radius 1 is 0.892 bits per heavy atom. The van der Waals surface area contributed by atoms with Crippen molar-refractivity contribution in [3.8, 4) is 0 Å². The summed E-state index contributed by atoms with van der Waals surface area (Å²) in [7, 11) is 4.78. The van der Waals surface area contributed by atoms with Gasteiger partial charge in [0, 0.05) is 58.7 Å². The smallest absolute Gasteiger partial charge is 0.329 e. The summed E-state index contributed by atoms with van der Waals surface area (Å²) in [6.07, 6.45) is 6.97. The zero-order chi connectivity index (χ0) is 47.4. The highest BCUT2D eigenvalue weighted by atomic mass is 16.7. The molecule has 14 unspecified atom stereocenters. The van der Waals surface area contributed by atoms with E-state index in [0.29, 0.717) is 50.7 Å². The number of aliphatic hydroxyl groups is 2. The van der Waals surface area contributed by atoms with Crippen molar-refractivity contribution < 1.29 is 57.8 Å². The Balaban J connectivity index is 1.43. The summed E-state index contributed by atoms with van der Waals surface area (Å²) in [6, 6.07) is 9.22. The summed E-state index contributed by atoms with van der Waals surface area (Å²) in [5.41, 5.74) is 2.99. The lowest BCUT2D eigenvalue weighted by Crippen LogP contribution is -2.64. The standard InChI is InChI=1S/C52H79NO12/c1-10-39-26-32(2)25-33(3)27-45(61-8)48-46(62-9)29-35(5)52(59,65-48)49(56)50(57)53-23-15-14-20-40(53)51(58)64-47(36(6)41(54)31-42(39)55)34(4)28-38-21-22-43(44(30-38)60-7)63-24-16-19-37-17-12-11-13-18-37/h11-13,17-18,26,28,33,35-36,38-41,43-48,54,59H,10,14-16,19-25,27,29-31H2,1-9H3/b32-26+,34-28?. The number of carbonyl (C=O) groups is 4. The summed E-state index contributed by atoms with van der Waals surface area (Å²) in [6.45, 7) is 12.0. The highest BCUT2D eigenvalue weighted by Gasteiger charge is 2.56. The molecule has 3 fully saturated rings. The van der Waals surface area contributed by atoms with E-state index in [-0.39, 0.29) is 55.6 Å². The number of allylic oxidation sites excluding steroid dienone is 3. The Morgan fingerprint density at radius 3 is 2.26 bits per heavy atom. The van der Waals surface area contributed by atoms with E-state index in [1.807, 2.05) is 45.0 Å². The fourth-order valence-corrected chi connectivity index (χ4v) is 10.7. The van der Waals surface area contributed by atoms with Crippen molar-refractivity contribution in [2.75, 3.05) is 34.5 Å². The highest BCUT2D eigenvalue weighted by molar-refractivity contribution is 6.39. The van der Waals surface area contributed by atoms with Crippen LogP contribution in [0.1, 0.15) is 124 Å². The lowest BCUT2D eigenvalue weighted by molar-refractivity contribution is -0.302. The van der Waals surface area contributed by atoms with Crippen LogP contribution in [0, 0.1) is 29.6 Å². The monoisotopic (exact) mass is 910 g/mol. The number of aliphatic hydroxyl groups excluding tert-OH is 1. The maximum absolute atomic E-state index is 14.5. The minimum absolute atomic E-state index is 0.0360. The van der Waals surface area contributed by atoms with Crippen molar-refractivity contribution in [3.63, 3.8) is 0 Å². The fraction of sp³-hybridized carbons (Fsp3) is 0.731. The number of piperidine rings is 1. The number of ketones is 2. The Kier molecular flexibility index (Phi) is 20.0. The van der Waals surface area contributed by atoms with Gasteiger partial charge in [-0.05, 0) is 114 Å². The number of esters is 1. The number of hydrogen-bond acceptors (Lipinski definition) is 12. The number of fused-ring (bicyclic) bond motifs is 3. The Morgan fingerprint density at radius 2 is 1.58 bits per heavy atom. The van der Waals surface area contributed by atoms with Crippen molar-refractivity contribution in [2.24, 2.45) is 29.6 Å². The SMILES string of the molecule is CCC1/C=C(\C)CC(C)CC(OC)C2OC(O)(C(=O)C(=O)N3CCCCC3C(=O)OC(C(C)=CC3CCC(OCCCc4ccccc4)C(OC)C3)C(C)C(O)CC1=O)C(C)CC2OC. The van der Waals surface area contributed by atoms with Gasteiger partial charge in [-0.2, -0.15) is 0 Å². The molecule has 2 N–H and O–H groups in total. The molecule has 3 heterocycles. The third-order valence-electron chi connectivity index (χ3n) is 14.7. The molecule has 0 spiro atoms. The first-order chi connectivity index (χ1) is 31.0. The van der Waals surface area contributed by atoms with Gasteiger partial charge in [-0.25, -0.2) is 4.79 Å². The van der Waals surface area contributed by atoms with Crippen LogP contribution < -0.4 is 0 Å². The molecule has 13 heteroatoms. The molecule has 3 aliphatic heterocycles. The largest absolute Gasteiger partial charge is 0.456 e. The van der Waals surface area contributed by atoms with Crippen LogP contribution in [0.2, 0.25) is 0 Å². The molecule has 1 aromatic rings. The molecular weight excluding hydrogens is 831 g/mol. The molecule has 2 bridgehead atoms. The van der Waals surface area contributed by atoms with Crippen LogP contribution in [0.3, 0.4) is 0 Å². The van der Waals surface area contributed by atoms with Crippen molar-refractivity contribution >= 4 is 23.4 Å². The predicted molar refractivity (Wildman–Crippen MR) is 247 cm³/mol. The van der Waals surface area contributed by atoms with Crippen LogP contribution in [-0.4, -0.2) is 128 Å². The number of amides is 1. The fourth-order valence-electron chi connectivity index (χ4n) is 10.7.